The third-order valence-electron chi connectivity index (χ3n) is 4.20. The summed E-state index contributed by atoms with van der Waals surface area (Å²) >= 11 is 0. The van der Waals surface area contributed by atoms with E-state index in [1.807, 2.05) is 30.3 Å². The van der Waals surface area contributed by atoms with E-state index in [2.05, 4.69) is 0 Å². The third kappa shape index (κ3) is 4.02. The van der Waals surface area contributed by atoms with Gasteiger partial charge in [0.1, 0.15) is 12.4 Å². The van der Waals surface area contributed by atoms with Crippen molar-refractivity contribution in [3.63, 3.8) is 0 Å². The van der Waals surface area contributed by atoms with Crippen LogP contribution >= 0.6 is 0 Å². The molecule has 1 saturated heterocycles. The quantitative estimate of drug-likeness (QED) is 0.844. The molecule has 0 radical (unpaired) electrons. The fourth-order valence-electron chi connectivity index (χ4n) is 2.87. The molecule has 4 nitrogen and oxygen atoms in total. The van der Waals surface area contributed by atoms with E-state index in [1.165, 1.54) is 11.0 Å². The number of nitrogens with zero attached hydrogens (tertiary/aromatic N) is 1. The van der Waals surface area contributed by atoms with Crippen molar-refractivity contribution in [3.8, 4) is 0 Å². The highest BCUT2D eigenvalue weighted by Gasteiger charge is 2.33. The number of piperidine rings is 1. The molecule has 2 aromatic carbocycles. The predicted molar refractivity (Wildman–Crippen MR) is 86.7 cm³/mol. The van der Waals surface area contributed by atoms with Gasteiger partial charge in [0.15, 0.2) is 11.6 Å². The zero-order chi connectivity index (χ0) is 17.8. The number of rotatable bonds is 3. The lowest BCUT2D eigenvalue weighted by molar-refractivity contribution is -0.122. The number of ketones is 1. The number of benzene rings is 2. The smallest absolute Gasteiger partial charge is 0.410 e. The molecular weight excluding hydrogens is 328 g/mol. The van der Waals surface area contributed by atoms with E-state index in [0.717, 1.165) is 17.7 Å². The molecule has 6 heteroatoms. The summed E-state index contributed by atoms with van der Waals surface area (Å²) in [5.74, 6) is -2.00. The first-order valence-electron chi connectivity index (χ1n) is 7.98. The summed E-state index contributed by atoms with van der Waals surface area (Å²) in [4.78, 5) is 25.6. The molecule has 0 bridgehead atoms. The summed E-state index contributed by atoms with van der Waals surface area (Å²) in [6.07, 6.45) is -0.294. The Morgan fingerprint density at radius 3 is 2.60 bits per heavy atom. The monoisotopic (exact) mass is 345 g/mol. The van der Waals surface area contributed by atoms with Crippen LogP contribution in [0.3, 0.4) is 0 Å². The van der Waals surface area contributed by atoms with Gasteiger partial charge in [0.25, 0.3) is 0 Å². The fraction of sp³-hybridized carbons (Fsp3) is 0.263. The summed E-state index contributed by atoms with van der Waals surface area (Å²) in [6, 6.07) is 12.0. The second-order valence-electron chi connectivity index (χ2n) is 5.92. The van der Waals surface area contributed by atoms with Crippen LogP contribution in [-0.2, 0) is 16.1 Å². The van der Waals surface area contributed by atoms with Gasteiger partial charge in [-0.3, -0.25) is 4.79 Å². The van der Waals surface area contributed by atoms with E-state index in [0.29, 0.717) is 5.56 Å². The van der Waals surface area contributed by atoms with Crippen LogP contribution in [0, 0.1) is 11.6 Å². The molecule has 0 aromatic heterocycles. The summed E-state index contributed by atoms with van der Waals surface area (Å²) < 4.78 is 32.0. The highest BCUT2D eigenvalue weighted by molar-refractivity contribution is 5.82. The first-order valence-corrected chi connectivity index (χ1v) is 7.98. The molecule has 0 saturated carbocycles. The van der Waals surface area contributed by atoms with Crippen molar-refractivity contribution in [2.75, 3.05) is 6.54 Å². The van der Waals surface area contributed by atoms with Crippen molar-refractivity contribution < 1.29 is 23.1 Å². The normalized spacial score (nSPS) is 17.4. The zero-order valence-corrected chi connectivity index (χ0v) is 13.5. The molecule has 0 N–H and O–H groups in total. The van der Waals surface area contributed by atoms with Crippen molar-refractivity contribution in [3.05, 3.63) is 71.3 Å². The van der Waals surface area contributed by atoms with Gasteiger partial charge in [-0.05, 0) is 23.3 Å². The largest absolute Gasteiger partial charge is 0.445 e. The Labute approximate surface area is 144 Å². The van der Waals surface area contributed by atoms with Crippen LogP contribution in [0.4, 0.5) is 13.6 Å². The minimum absolute atomic E-state index is 0.0261. The molecule has 0 aliphatic carbocycles. The topological polar surface area (TPSA) is 46.6 Å². The molecule has 1 aliphatic rings. The minimum atomic E-state index is -1.01. The summed E-state index contributed by atoms with van der Waals surface area (Å²) in [5.41, 5.74) is 1.22. The summed E-state index contributed by atoms with van der Waals surface area (Å²) in [7, 11) is 0. The standard InChI is InChI=1S/C19H17F2NO3/c20-16-7-6-14(10-17(16)21)18-11-15(23)8-9-22(18)19(24)25-12-13-4-2-1-3-5-13/h1-7,10,18H,8-9,11-12H2. The second-order valence-corrected chi connectivity index (χ2v) is 5.92. The molecule has 2 aromatic rings. The lowest BCUT2D eigenvalue weighted by atomic mass is 9.94. The lowest BCUT2D eigenvalue weighted by Crippen LogP contribution is -2.41. The number of carbonyl (C=O) groups is 2. The predicted octanol–water partition coefficient (Wildman–Crippen LogP) is 4.01. The molecule has 1 amide bonds. The van der Waals surface area contributed by atoms with Crippen molar-refractivity contribution in [1.82, 2.24) is 4.90 Å². The Bertz CT molecular complexity index is 779. The molecule has 1 atom stereocenters. The van der Waals surface area contributed by atoms with Crippen LogP contribution in [0.5, 0.6) is 0 Å². The molecule has 25 heavy (non-hydrogen) atoms. The van der Waals surface area contributed by atoms with E-state index in [9.17, 15) is 18.4 Å². The van der Waals surface area contributed by atoms with Crippen molar-refractivity contribution in [2.45, 2.75) is 25.5 Å². The van der Waals surface area contributed by atoms with Crippen LogP contribution < -0.4 is 0 Å². The molecule has 1 unspecified atom stereocenters. The molecular formula is C19H17F2NO3. The lowest BCUT2D eigenvalue weighted by Gasteiger charge is -2.34. The zero-order valence-electron chi connectivity index (χ0n) is 13.5. The van der Waals surface area contributed by atoms with Crippen LogP contribution in [0.15, 0.2) is 48.5 Å². The number of ether oxygens (including phenoxy) is 1. The van der Waals surface area contributed by atoms with Gasteiger partial charge in [-0.25, -0.2) is 13.6 Å². The molecule has 1 heterocycles. The Morgan fingerprint density at radius 2 is 1.88 bits per heavy atom. The number of halogens is 2. The molecule has 1 fully saturated rings. The van der Waals surface area contributed by atoms with Crippen LogP contribution in [0.2, 0.25) is 0 Å². The van der Waals surface area contributed by atoms with Gasteiger partial charge < -0.3 is 9.64 Å². The average molecular weight is 345 g/mol. The van der Waals surface area contributed by atoms with E-state index in [1.54, 1.807) is 0 Å². The Morgan fingerprint density at radius 1 is 1.12 bits per heavy atom. The number of Topliss-reactive ketones (excluding diaryl/α,β-unsaturated/α-hetero) is 1. The maximum Gasteiger partial charge on any atom is 0.410 e. The van der Waals surface area contributed by atoms with Gasteiger partial charge in [-0.15, -0.1) is 0 Å². The number of hydrogen-bond acceptors (Lipinski definition) is 3. The number of hydrogen-bond donors (Lipinski definition) is 0. The molecule has 130 valence electrons. The maximum atomic E-state index is 13.5. The SMILES string of the molecule is O=C1CCN(C(=O)OCc2ccccc2)C(c2ccc(F)c(F)c2)C1. The van der Waals surface area contributed by atoms with E-state index in [4.69, 9.17) is 4.74 Å². The minimum Gasteiger partial charge on any atom is -0.445 e. The van der Waals surface area contributed by atoms with Gasteiger partial charge in [0, 0.05) is 19.4 Å². The first-order chi connectivity index (χ1) is 12.0. The summed E-state index contributed by atoms with van der Waals surface area (Å²) in [5, 5.41) is 0. The van der Waals surface area contributed by atoms with Crippen molar-refractivity contribution in [1.29, 1.82) is 0 Å². The number of likely N-dealkylation sites (tertiary alicyclic amines) is 1. The van der Waals surface area contributed by atoms with E-state index in [-0.39, 0.29) is 31.8 Å². The third-order valence-corrected chi connectivity index (χ3v) is 4.20. The van der Waals surface area contributed by atoms with Crippen LogP contribution in [0.1, 0.15) is 30.0 Å². The fourth-order valence-corrected chi connectivity index (χ4v) is 2.87. The van der Waals surface area contributed by atoms with Crippen molar-refractivity contribution in [2.24, 2.45) is 0 Å². The van der Waals surface area contributed by atoms with Gasteiger partial charge >= 0.3 is 6.09 Å². The van der Waals surface area contributed by atoms with Gasteiger partial charge in [-0.1, -0.05) is 36.4 Å². The highest BCUT2D eigenvalue weighted by Crippen LogP contribution is 2.30. The highest BCUT2D eigenvalue weighted by atomic mass is 19.2. The second kappa shape index (κ2) is 7.42. The average Bonchev–Trinajstić information content (AvgIpc) is 2.63. The Balaban J connectivity index is 1.75. The first kappa shape index (κ1) is 17.1. The number of amides is 1. The van der Waals surface area contributed by atoms with Gasteiger partial charge in [0.05, 0.1) is 6.04 Å². The van der Waals surface area contributed by atoms with Gasteiger partial charge in [0.2, 0.25) is 0 Å². The maximum absolute atomic E-state index is 13.5. The van der Waals surface area contributed by atoms with Crippen molar-refractivity contribution >= 4 is 11.9 Å². The molecule has 1 aliphatic heterocycles. The van der Waals surface area contributed by atoms with Crippen LogP contribution in [0.25, 0.3) is 0 Å². The van der Waals surface area contributed by atoms with E-state index >= 15 is 0 Å². The summed E-state index contributed by atoms with van der Waals surface area (Å²) in [6.45, 7) is 0.296. The Kier molecular flexibility index (Phi) is 5.07. The van der Waals surface area contributed by atoms with E-state index < -0.39 is 23.8 Å². The Hall–Kier alpha value is -2.76. The molecule has 0 spiro atoms. The van der Waals surface area contributed by atoms with Crippen LogP contribution in [-0.4, -0.2) is 23.3 Å². The molecule has 3 rings (SSSR count). The van der Waals surface area contributed by atoms with Gasteiger partial charge in [-0.2, -0.15) is 0 Å². The number of carbonyl (C=O) groups excluding carboxylic acids is 2.